The summed E-state index contributed by atoms with van der Waals surface area (Å²) < 4.78 is 37.6. The second kappa shape index (κ2) is 8.32. The minimum absolute atomic E-state index is 0.0613. The number of amides is 1. The predicted molar refractivity (Wildman–Crippen MR) is 86.5 cm³/mol. The van der Waals surface area contributed by atoms with Crippen LogP contribution in [0.3, 0.4) is 0 Å². The first-order valence-corrected chi connectivity index (χ1v) is 9.35. The van der Waals surface area contributed by atoms with Crippen molar-refractivity contribution in [3.63, 3.8) is 0 Å². The fourth-order valence-electron chi connectivity index (χ4n) is 3.90. The number of hydroxylamine groups is 2. The van der Waals surface area contributed by atoms with Crippen molar-refractivity contribution in [3.05, 3.63) is 0 Å². The number of alkyl halides is 3. The highest BCUT2D eigenvalue weighted by Crippen LogP contribution is 2.37. The van der Waals surface area contributed by atoms with Crippen LogP contribution >= 0.6 is 0 Å². The van der Waals surface area contributed by atoms with E-state index in [0.29, 0.717) is 12.6 Å². The second-order valence-electron chi connectivity index (χ2n) is 7.53. The van der Waals surface area contributed by atoms with Gasteiger partial charge in [-0.2, -0.15) is 13.2 Å². The number of carbonyl (C=O) groups is 2. The summed E-state index contributed by atoms with van der Waals surface area (Å²) in [6, 6.07) is 0.555. The second-order valence-corrected chi connectivity index (χ2v) is 7.53. The lowest BCUT2D eigenvalue weighted by Gasteiger charge is -2.41. The predicted octanol–water partition coefficient (Wildman–Crippen LogP) is 1.67. The third-order valence-electron chi connectivity index (χ3n) is 5.40. The summed E-state index contributed by atoms with van der Waals surface area (Å²) >= 11 is 0. The Morgan fingerprint density at radius 1 is 1.15 bits per heavy atom. The van der Waals surface area contributed by atoms with Crippen molar-refractivity contribution in [2.45, 2.75) is 50.4 Å². The first-order chi connectivity index (χ1) is 12.8. The van der Waals surface area contributed by atoms with Crippen molar-refractivity contribution in [1.29, 1.82) is 0 Å². The molecule has 3 aliphatic heterocycles. The number of carboxylic acid groups (broad SMARTS) is 1. The van der Waals surface area contributed by atoms with Crippen molar-refractivity contribution in [2.75, 3.05) is 32.8 Å². The third-order valence-corrected chi connectivity index (χ3v) is 5.40. The minimum Gasteiger partial charge on any atom is -0.475 e. The van der Waals surface area contributed by atoms with Crippen LogP contribution < -0.4 is 0 Å². The summed E-state index contributed by atoms with van der Waals surface area (Å²) in [5.41, 5.74) is 0. The first-order valence-electron chi connectivity index (χ1n) is 9.35. The highest BCUT2D eigenvalue weighted by Gasteiger charge is 2.45. The van der Waals surface area contributed by atoms with Gasteiger partial charge in [-0.3, -0.25) is 14.5 Å². The number of halogens is 3. The van der Waals surface area contributed by atoms with Crippen LogP contribution in [0.1, 0.15) is 32.1 Å². The summed E-state index contributed by atoms with van der Waals surface area (Å²) in [4.78, 5) is 29.4. The van der Waals surface area contributed by atoms with Crippen molar-refractivity contribution >= 4 is 11.9 Å². The molecular weight excluding hydrogens is 369 g/mol. The molecule has 3 heterocycles. The molecule has 154 valence electrons. The van der Waals surface area contributed by atoms with E-state index in [1.807, 2.05) is 0 Å². The van der Waals surface area contributed by atoms with Gasteiger partial charge >= 0.3 is 12.1 Å². The molecule has 0 aromatic rings. The number of aliphatic carboxylic acids is 1. The van der Waals surface area contributed by atoms with Gasteiger partial charge in [0, 0.05) is 25.7 Å². The van der Waals surface area contributed by atoms with Gasteiger partial charge in [0.2, 0.25) is 0 Å². The number of rotatable bonds is 3. The molecule has 27 heavy (non-hydrogen) atoms. The molecule has 3 atom stereocenters. The van der Waals surface area contributed by atoms with Crippen molar-refractivity contribution in [3.8, 4) is 0 Å². The number of hydrogen-bond acceptors (Lipinski definition) is 5. The van der Waals surface area contributed by atoms with E-state index in [-0.39, 0.29) is 17.9 Å². The molecule has 0 spiro atoms. The number of carboxylic acids is 1. The summed E-state index contributed by atoms with van der Waals surface area (Å²) in [7, 11) is 0. The Balaban J connectivity index is 0.000000260. The molecule has 1 amide bonds. The Bertz CT molecular complexity index is 549. The lowest BCUT2D eigenvalue weighted by molar-refractivity contribution is -0.192. The average Bonchev–Trinajstić information content (AvgIpc) is 3.09. The number of carbonyl (C=O) groups excluding carboxylic acids is 1. The maximum Gasteiger partial charge on any atom is 0.490 e. The van der Waals surface area contributed by atoms with Gasteiger partial charge in [0.05, 0.1) is 25.2 Å². The number of fused-ring (bicyclic) bond motifs is 1. The Morgan fingerprint density at radius 3 is 2.41 bits per heavy atom. The molecular formula is C17H25F3N2O5. The van der Waals surface area contributed by atoms with Crippen LogP contribution in [0.25, 0.3) is 0 Å². The molecule has 1 aliphatic carbocycles. The Kier molecular flexibility index (Phi) is 6.27. The van der Waals surface area contributed by atoms with E-state index in [1.54, 1.807) is 5.06 Å². The van der Waals surface area contributed by atoms with Gasteiger partial charge in [-0.05, 0) is 38.0 Å². The number of ether oxygens (including phenoxy) is 1. The fraction of sp³-hybridized carbons (Fsp3) is 0.882. The average molecular weight is 394 g/mol. The van der Waals surface area contributed by atoms with Crippen LogP contribution in [0.15, 0.2) is 0 Å². The monoisotopic (exact) mass is 394 g/mol. The zero-order chi connectivity index (χ0) is 19.6. The highest BCUT2D eigenvalue weighted by atomic mass is 19.4. The van der Waals surface area contributed by atoms with Crippen LogP contribution in [0.5, 0.6) is 0 Å². The Morgan fingerprint density at radius 2 is 1.85 bits per heavy atom. The maximum absolute atomic E-state index is 12.6. The van der Waals surface area contributed by atoms with Gasteiger partial charge in [-0.1, -0.05) is 0 Å². The summed E-state index contributed by atoms with van der Waals surface area (Å²) in [5.74, 6) is -1.65. The molecule has 0 bridgehead atoms. The SMILES string of the molecule is O=C(O)C(F)(F)F.O=C([C@H]1C[C@H]2OCC[C@H]2N(CC2CC2)C1)N1CCCO1. The quantitative estimate of drug-likeness (QED) is 0.785. The van der Waals surface area contributed by atoms with Gasteiger partial charge in [0.15, 0.2) is 0 Å². The largest absolute Gasteiger partial charge is 0.490 e. The van der Waals surface area contributed by atoms with Crippen molar-refractivity contribution in [2.24, 2.45) is 11.8 Å². The maximum atomic E-state index is 12.6. The summed E-state index contributed by atoms with van der Waals surface area (Å²) in [6.45, 7) is 4.37. The number of piperidine rings is 1. The molecule has 4 aliphatic rings. The van der Waals surface area contributed by atoms with Crippen molar-refractivity contribution < 1.29 is 37.4 Å². The normalized spacial score (nSPS) is 31.2. The molecule has 4 fully saturated rings. The molecule has 10 heteroatoms. The smallest absolute Gasteiger partial charge is 0.475 e. The molecule has 3 saturated heterocycles. The van der Waals surface area contributed by atoms with Crippen LogP contribution in [0, 0.1) is 11.8 Å². The van der Waals surface area contributed by atoms with Gasteiger partial charge in [-0.15, -0.1) is 0 Å². The minimum atomic E-state index is -5.08. The summed E-state index contributed by atoms with van der Waals surface area (Å²) in [6.07, 6.45) is 0.889. The Labute approximate surface area is 155 Å². The zero-order valence-corrected chi connectivity index (χ0v) is 15.0. The van der Waals surface area contributed by atoms with Crippen LogP contribution in [-0.4, -0.2) is 78.1 Å². The molecule has 0 radical (unpaired) electrons. The third kappa shape index (κ3) is 5.32. The lowest BCUT2D eigenvalue weighted by atomic mass is 9.89. The van der Waals surface area contributed by atoms with E-state index in [9.17, 15) is 18.0 Å². The molecule has 0 unspecified atom stereocenters. The molecule has 0 aromatic heterocycles. The molecule has 4 rings (SSSR count). The van der Waals surface area contributed by atoms with Gasteiger partial charge in [0.1, 0.15) is 0 Å². The van der Waals surface area contributed by atoms with Crippen LogP contribution in [0.2, 0.25) is 0 Å². The van der Waals surface area contributed by atoms with Gasteiger partial charge in [0.25, 0.3) is 5.91 Å². The topological polar surface area (TPSA) is 79.3 Å². The summed E-state index contributed by atoms with van der Waals surface area (Å²) in [5, 5.41) is 8.72. The Hall–Kier alpha value is -1.39. The number of likely N-dealkylation sites (tertiary alicyclic amines) is 1. The van der Waals surface area contributed by atoms with Crippen LogP contribution in [-0.2, 0) is 19.2 Å². The van der Waals surface area contributed by atoms with E-state index in [2.05, 4.69) is 4.90 Å². The zero-order valence-electron chi connectivity index (χ0n) is 15.0. The number of hydrogen-bond donors (Lipinski definition) is 1. The first kappa shape index (κ1) is 20.3. The molecule has 7 nitrogen and oxygen atoms in total. The lowest BCUT2D eigenvalue weighted by Crippen LogP contribution is -2.53. The van der Waals surface area contributed by atoms with E-state index in [0.717, 1.165) is 51.4 Å². The number of nitrogens with zero attached hydrogens (tertiary/aromatic N) is 2. The van der Waals surface area contributed by atoms with Gasteiger partial charge in [-0.25, -0.2) is 9.86 Å². The van der Waals surface area contributed by atoms with E-state index in [4.69, 9.17) is 19.5 Å². The molecule has 1 saturated carbocycles. The van der Waals surface area contributed by atoms with E-state index in [1.165, 1.54) is 12.8 Å². The van der Waals surface area contributed by atoms with Gasteiger partial charge < -0.3 is 9.84 Å². The van der Waals surface area contributed by atoms with E-state index >= 15 is 0 Å². The highest BCUT2D eigenvalue weighted by molar-refractivity contribution is 5.78. The van der Waals surface area contributed by atoms with E-state index < -0.39 is 12.1 Å². The van der Waals surface area contributed by atoms with Crippen LogP contribution in [0.4, 0.5) is 13.2 Å². The molecule has 1 N–H and O–H groups in total. The fourth-order valence-corrected chi connectivity index (χ4v) is 3.90. The molecule has 0 aromatic carbocycles. The standard InChI is InChI=1S/C15H24N2O3.C2HF3O2/c18-15(17-5-1-6-20-17)12-8-14-13(4-7-19-14)16(10-12)9-11-2-3-11;3-2(4,5)1(6)7/h11-14H,1-10H2;(H,6,7)/t12-,13+,14+;/m0./s1. The van der Waals surface area contributed by atoms with Crippen molar-refractivity contribution in [1.82, 2.24) is 9.96 Å².